The van der Waals surface area contributed by atoms with Crippen molar-refractivity contribution in [2.45, 2.75) is 124 Å². The summed E-state index contributed by atoms with van der Waals surface area (Å²) >= 11 is 4.75. The molecule has 0 aromatic carbocycles. The quantitative estimate of drug-likeness (QED) is 0.237. The average molecular weight is 691 g/mol. The van der Waals surface area contributed by atoms with Gasteiger partial charge in [-0.1, -0.05) is 124 Å². The molecule has 180 valence electrons. The summed E-state index contributed by atoms with van der Waals surface area (Å²) in [7, 11) is -6.49. The van der Waals surface area contributed by atoms with Gasteiger partial charge in [0, 0.05) is 68.1 Å². The SMILES string of the molecule is C[Si](C)(C)[Si]([Si](C)(C)C)[Si](C)(C)[Si](C)(C)[Si]([Si](C)(C)C)[Si](C)(C)C.C[Si](C)C.[Ge][Br]. The molecule has 0 heterocycles. The molecule has 0 unspecified atom stereocenters. The Hall–Kier alpha value is 2.97. The van der Waals surface area contributed by atoms with Crippen LogP contribution in [0, 0.1) is 0 Å². The van der Waals surface area contributed by atoms with Gasteiger partial charge in [-0.2, -0.15) is 0 Å². The van der Waals surface area contributed by atoms with E-state index in [1.807, 2.05) is 14.7 Å². The van der Waals surface area contributed by atoms with Gasteiger partial charge in [0.15, 0.2) is 0 Å². The van der Waals surface area contributed by atoms with Crippen molar-refractivity contribution in [2.24, 2.45) is 0 Å². The Morgan fingerprint density at radius 3 is 0.567 bits per heavy atom. The zero-order valence-electron chi connectivity index (χ0n) is 24.4. The number of hydrogen-bond donors (Lipinski definition) is 0. The van der Waals surface area contributed by atoms with Gasteiger partial charge in [-0.15, -0.1) is 0 Å². The Balaban J connectivity index is -0.00000108. The molecule has 0 atom stereocenters. The fourth-order valence-corrected chi connectivity index (χ4v) is 273. The molecule has 0 amide bonds. The number of rotatable bonds is 7. The van der Waals surface area contributed by atoms with Crippen LogP contribution in [-0.2, 0) is 0 Å². The Morgan fingerprint density at radius 2 is 0.500 bits per heavy atom. The second-order valence-electron chi connectivity index (χ2n) is 14.5. The second kappa shape index (κ2) is 13.3. The van der Waals surface area contributed by atoms with E-state index >= 15 is 0 Å². The Morgan fingerprint density at radius 1 is 0.400 bits per heavy atom. The van der Waals surface area contributed by atoms with E-state index in [2.05, 4.69) is 138 Å². The molecule has 0 saturated carbocycles. The summed E-state index contributed by atoms with van der Waals surface area (Å²) in [4.78, 5) is 0. The van der Waals surface area contributed by atoms with Crippen LogP contribution in [0.1, 0.15) is 0 Å². The molecule has 0 fully saturated rings. The third kappa shape index (κ3) is 12.1. The average Bonchev–Trinajstić information content (AvgIpc) is 2.30. The molecule has 0 saturated heterocycles. The van der Waals surface area contributed by atoms with E-state index in [1.165, 1.54) is 0 Å². The molecular weight excluding hydrogens is 633 g/mol. The molecule has 0 rings (SSSR count). The summed E-state index contributed by atoms with van der Waals surface area (Å²) in [5.41, 5.74) is 0. The summed E-state index contributed by atoms with van der Waals surface area (Å²) < 4.78 is 0. The van der Waals surface area contributed by atoms with E-state index in [0.29, 0.717) is 0 Å². The summed E-state index contributed by atoms with van der Waals surface area (Å²) in [6, 6.07) is 0. The fraction of sp³-hybridized carbons (Fsp3) is 1.00. The summed E-state index contributed by atoms with van der Waals surface area (Å²) in [5.74, 6) is 0. The Kier molecular flexibility index (Phi) is 16.7. The van der Waals surface area contributed by atoms with Crippen LogP contribution in [0.4, 0.5) is 0 Å². The Bertz CT molecular complexity index is 411. The van der Waals surface area contributed by atoms with Gasteiger partial charge in [-0.25, -0.2) is 0 Å². The summed E-state index contributed by atoms with van der Waals surface area (Å²) in [5, 5.41) is 0. The van der Waals surface area contributed by atoms with Crippen molar-refractivity contribution in [1.29, 1.82) is 0 Å². The molecule has 0 nitrogen and oxygen atoms in total. The van der Waals surface area contributed by atoms with Gasteiger partial charge in [-0.3, -0.25) is 0 Å². The third-order valence-electron chi connectivity index (χ3n) is 5.81. The molecule has 11 heteroatoms. The van der Waals surface area contributed by atoms with Crippen LogP contribution in [0.15, 0.2) is 0 Å². The van der Waals surface area contributed by atoms with Gasteiger partial charge in [0.2, 0.25) is 0 Å². The van der Waals surface area contributed by atoms with E-state index in [0.717, 1.165) is 0 Å². The van der Waals surface area contributed by atoms with Crippen LogP contribution in [0.3, 0.4) is 0 Å². The standard InChI is InChI=1S/C16H48Si8.C3H9Si.BrGe/c1-19(2,3)17(20(4,5)6)23(13,14)24(15,16)18(21(7,8)9)22(10,11)12;1-4(2)3;1-2/h1-16H3;1-3H3;. The van der Waals surface area contributed by atoms with Gasteiger partial charge >= 0.3 is 28.7 Å². The first-order valence-electron chi connectivity index (χ1n) is 11.4. The van der Waals surface area contributed by atoms with Crippen LogP contribution in [0.25, 0.3) is 0 Å². The monoisotopic (exact) mass is 690 g/mol. The van der Waals surface area contributed by atoms with Crippen LogP contribution < -0.4 is 0 Å². The molecule has 0 aliphatic rings. The van der Waals surface area contributed by atoms with Crippen molar-refractivity contribution < 1.29 is 0 Å². The second-order valence-corrected chi connectivity index (χ2v) is 97.5. The van der Waals surface area contributed by atoms with Crippen molar-refractivity contribution in [1.82, 2.24) is 0 Å². The molecule has 6 radical (unpaired) electrons. The summed E-state index contributed by atoms with van der Waals surface area (Å²) in [6.45, 7) is 51.4. The van der Waals surface area contributed by atoms with E-state index in [-0.39, 0.29) is 23.5 Å². The molecule has 0 aliphatic heterocycles. The van der Waals surface area contributed by atoms with E-state index in [4.69, 9.17) is 0 Å². The first-order chi connectivity index (χ1) is 12.7. The van der Waals surface area contributed by atoms with Crippen molar-refractivity contribution in [3.63, 3.8) is 0 Å². The van der Waals surface area contributed by atoms with E-state index < -0.39 is 44.6 Å². The maximum atomic E-state index is 2.94. The van der Waals surface area contributed by atoms with Crippen LogP contribution >= 0.6 is 14.0 Å². The Labute approximate surface area is 219 Å². The van der Waals surface area contributed by atoms with Gasteiger partial charge in [0.25, 0.3) is 0 Å². The predicted molar refractivity (Wildman–Crippen MR) is 178 cm³/mol. The molecule has 30 heavy (non-hydrogen) atoms. The third-order valence-corrected chi connectivity index (χ3v) is 156. The van der Waals surface area contributed by atoms with Crippen LogP contribution in [0.5, 0.6) is 0 Å². The topological polar surface area (TPSA) is 0 Å². The van der Waals surface area contributed by atoms with E-state index in [9.17, 15) is 0 Å². The van der Waals surface area contributed by atoms with E-state index in [1.54, 1.807) is 0 Å². The van der Waals surface area contributed by atoms with Gasteiger partial charge < -0.3 is 0 Å². The molecule has 0 aliphatic carbocycles. The number of halogens is 1. The number of hydrogen-bond acceptors (Lipinski definition) is 0. The zero-order chi connectivity index (χ0) is 25.7. The van der Waals surface area contributed by atoms with Gasteiger partial charge in [0.1, 0.15) is 0 Å². The van der Waals surface area contributed by atoms with Crippen LogP contribution in [0.2, 0.25) is 124 Å². The fourth-order valence-electron chi connectivity index (χ4n) is 6.62. The van der Waals surface area contributed by atoms with Gasteiger partial charge in [-0.05, 0) is 0 Å². The zero-order valence-corrected chi connectivity index (χ0v) is 37.1. The molecule has 0 N–H and O–H groups in total. The molecular formula is C19H57BrGeSi9. The molecule has 0 spiro atoms. The van der Waals surface area contributed by atoms with Crippen molar-refractivity contribution >= 4 is 96.8 Å². The van der Waals surface area contributed by atoms with Crippen molar-refractivity contribution in [3.05, 3.63) is 0 Å². The molecule has 0 aromatic rings. The van der Waals surface area contributed by atoms with Crippen molar-refractivity contribution in [2.75, 3.05) is 0 Å². The molecule has 0 aromatic heterocycles. The van der Waals surface area contributed by atoms with Crippen LogP contribution in [-0.4, -0.2) is 82.8 Å². The summed E-state index contributed by atoms with van der Waals surface area (Å²) in [6.07, 6.45) is 0. The normalized spacial score (nSPS) is 14.4. The minimum atomic E-state index is -1.13. The molecule has 0 bridgehead atoms. The first kappa shape index (κ1) is 37.5. The van der Waals surface area contributed by atoms with Gasteiger partial charge in [0.05, 0.1) is 0 Å². The van der Waals surface area contributed by atoms with Crippen molar-refractivity contribution in [3.8, 4) is 0 Å². The predicted octanol–water partition coefficient (Wildman–Crippen LogP) is 8.13. The minimum absolute atomic E-state index is 0.120. The maximum absolute atomic E-state index is 2.94. The first-order valence-corrected chi connectivity index (χ1v) is 49.4.